The lowest BCUT2D eigenvalue weighted by Crippen LogP contribution is -2.31. The van der Waals surface area contributed by atoms with Crippen LogP contribution in [0.4, 0.5) is 24.8 Å². The lowest BCUT2D eigenvalue weighted by molar-refractivity contribution is -0.145. The van der Waals surface area contributed by atoms with Gasteiger partial charge in [-0.25, -0.2) is 4.68 Å². The molecule has 2 aromatic carbocycles. The number of amides is 1. The summed E-state index contributed by atoms with van der Waals surface area (Å²) >= 11 is 5.91. The Balaban J connectivity index is 1.86. The molecule has 0 saturated carbocycles. The van der Waals surface area contributed by atoms with Crippen LogP contribution in [-0.2, 0) is 11.0 Å². The van der Waals surface area contributed by atoms with E-state index in [9.17, 15) is 18.0 Å². The third-order valence-corrected chi connectivity index (χ3v) is 5.44. The van der Waals surface area contributed by atoms with Crippen LogP contribution in [0.1, 0.15) is 24.4 Å². The van der Waals surface area contributed by atoms with E-state index in [2.05, 4.69) is 20.7 Å². The van der Waals surface area contributed by atoms with Gasteiger partial charge in [-0.3, -0.25) is 4.79 Å². The number of allylic oxidation sites excluding steroid dienone is 1. The molecule has 0 saturated heterocycles. The van der Waals surface area contributed by atoms with Gasteiger partial charge in [-0.1, -0.05) is 11.6 Å². The van der Waals surface area contributed by atoms with E-state index in [0.29, 0.717) is 33.5 Å². The summed E-state index contributed by atoms with van der Waals surface area (Å²) in [7, 11) is 2.88. The lowest BCUT2D eigenvalue weighted by atomic mass is 9.94. The fourth-order valence-electron chi connectivity index (χ4n) is 3.63. The molecule has 0 aliphatic carbocycles. The number of rotatable bonds is 5. The number of halogens is 4. The van der Waals surface area contributed by atoms with E-state index in [0.717, 1.165) is 4.68 Å². The summed E-state index contributed by atoms with van der Waals surface area (Å²) < 4.78 is 51.9. The largest absolute Gasteiger partial charge is 0.497 e. The van der Waals surface area contributed by atoms with Gasteiger partial charge in [-0.05, 0) is 43.3 Å². The van der Waals surface area contributed by atoms with Crippen molar-refractivity contribution in [2.75, 3.05) is 24.9 Å². The highest BCUT2D eigenvalue weighted by molar-refractivity contribution is 6.30. The zero-order chi connectivity index (χ0) is 24.6. The number of fused-ring (bicyclic) bond motifs is 1. The summed E-state index contributed by atoms with van der Waals surface area (Å²) in [4.78, 5) is 17.0. The summed E-state index contributed by atoms with van der Waals surface area (Å²) in [6, 6.07) is 10.1. The van der Waals surface area contributed by atoms with Crippen molar-refractivity contribution in [1.82, 2.24) is 14.8 Å². The van der Waals surface area contributed by atoms with Gasteiger partial charge in [0.2, 0.25) is 5.95 Å². The lowest BCUT2D eigenvalue weighted by Gasteiger charge is -2.29. The minimum atomic E-state index is -4.78. The van der Waals surface area contributed by atoms with E-state index >= 15 is 0 Å². The highest BCUT2D eigenvalue weighted by Crippen LogP contribution is 2.42. The average Bonchev–Trinajstić information content (AvgIpc) is 3.23. The summed E-state index contributed by atoms with van der Waals surface area (Å²) in [6.45, 7) is 1.57. The zero-order valence-corrected chi connectivity index (χ0v) is 19.0. The molecule has 1 aromatic heterocycles. The van der Waals surface area contributed by atoms with Crippen molar-refractivity contribution < 1.29 is 27.4 Å². The number of nitrogens with one attached hydrogen (secondary N) is 2. The molecule has 1 atom stereocenters. The Hall–Kier alpha value is -3.73. The van der Waals surface area contributed by atoms with Gasteiger partial charge in [0.15, 0.2) is 0 Å². The molecule has 4 rings (SSSR count). The molecule has 0 radical (unpaired) electrons. The van der Waals surface area contributed by atoms with Crippen LogP contribution in [0.25, 0.3) is 0 Å². The minimum absolute atomic E-state index is 0.129. The standard InChI is InChI=1S/C22H19ClF3N5O3/c1-11-17(19(32)28-13-6-4-12(23)5-7-13)18(15-9-8-14(33-2)10-16(15)34-3)31-21(27-11)29-20(30-31)22(24,25)26/h4-10,18H,1-3H3,(H,28,32)(H,27,29,30)/t18-/m1/s1. The van der Waals surface area contributed by atoms with Crippen molar-refractivity contribution in [3.05, 3.63) is 70.1 Å². The molecule has 0 spiro atoms. The number of benzene rings is 2. The number of aromatic nitrogens is 3. The molecular formula is C22H19ClF3N5O3. The van der Waals surface area contributed by atoms with Crippen molar-refractivity contribution in [2.45, 2.75) is 19.1 Å². The highest BCUT2D eigenvalue weighted by atomic mass is 35.5. The number of hydrogen-bond donors (Lipinski definition) is 2. The summed E-state index contributed by atoms with van der Waals surface area (Å²) in [5.41, 5.74) is 1.29. The molecule has 2 heterocycles. The van der Waals surface area contributed by atoms with Crippen LogP contribution in [-0.4, -0.2) is 34.9 Å². The second kappa shape index (κ2) is 8.90. The third-order valence-electron chi connectivity index (χ3n) is 5.19. The Morgan fingerprint density at radius 1 is 1.15 bits per heavy atom. The van der Waals surface area contributed by atoms with Crippen molar-refractivity contribution in [2.24, 2.45) is 0 Å². The second-order valence-corrected chi connectivity index (χ2v) is 7.77. The predicted octanol–water partition coefficient (Wildman–Crippen LogP) is 4.90. The first kappa shape index (κ1) is 23.4. The number of nitrogens with zero attached hydrogens (tertiary/aromatic N) is 3. The maximum atomic E-state index is 13.4. The number of carbonyl (C=O) groups excluding carboxylic acids is 1. The van der Waals surface area contributed by atoms with Crippen molar-refractivity contribution >= 4 is 29.1 Å². The topological polar surface area (TPSA) is 90.3 Å². The predicted molar refractivity (Wildman–Crippen MR) is 119 cm³/mol. The van der Waals surface area contributed by atoms with Crippen LogP contribution < -0.4 is 20.1 Å². The van der Waals surface area contributed by atoms with Crippen LogP contribution in [0.5, 0.6) is 11.5 Å². The van der Waals surface area contributed by atoms with Crippen LogP contribution >= 0.6 is 11.6 Å². The molecule has 3 aromatic rings. The maximum Gasteiger partial charge on any atom is 0.453 e. The third kappa shape index (κ3) is 4.38. The van der Waals surface area contributed by atoms with E-state index < -0.39 is 23.9 Å². The monoisotopic (exact) mass is 493 g/mol. The quantitative estimate of drug-likeness (QED) is 0.525. The van der Waals surface area contributed by atoms with Crippen molar-refractivity contribution in [3.8, 4) is 11.5 Å². The van der Waals surface area contributed by atoms with E-state index in [1.807, 2.05) is 0 Å². The van der Waals surface area contributed by atoms with Gasteiger partial charge in [-0.2, -0.15) is 18.2 Å². The first-order chi connectivity index (χ1) is 16.1. The molecule has 178 valence electrons. The molecule has 1 aliphatic rings. The van der Waals surface area contributed by atoms with Crippen LogP contribution in [0.15, 0.2) is 53.7 Å². The number of anilines is 2. The maximum absolute atomic E-state index is 13.4. The Bertz CT molecular complexity index is 1270. The van der Waals surface area contributed by atoms with E-state index in [4.69, 9.17) is 21.1 Å². The van der Waals surface area contributed by atoms with E-state index in [1.165, 1.54) is 14.2 Å². The van der Waals surface area contributed by atoms with Gasteiger partial charge < -0.3 is 20.1 Å². The fraction of sp³-hybridized carbons (Fsp3) is 0.227. The normalized spacial score (nSPS) is 15.4. The molecule has 34 heavy (non-hydrogen) atoms. The van der Waals surface area contributed by atoms with Crippen LogP contribution in [0.3, 0.4) is 0 Å². The van der Waals surface area contributed by atoms with Gasteiger partial charge in [0.25, 0.3) is 11.7 Å². The Morgan fingerprint density at radius 2 is 1.85 bits per heavy atom. The van der Waals surface area contributed by atoms with Gasteiger partial charge in [-0.15, -0.1) is 5.10 Å². The number of alkyl halides is 3. The molecule has 0 unspecified atom stereocenters. The van der Waals surface area contributed by atoms with E-state index in [1.54, 1.807) is 49.4 Å². The molecule has 1 amide bonds. The molecule has 0 fully saturated rings. The smallest absolute Gasteiger partial charge is 0.453 e. The minimum Gasteiger partial charge on any atom is -0.497 e. The summed E-state index contributed by atoms with van der Waals surface area (Å²) in [5, 5.41) is 9.68. The van der Waals surface area contributed by atoms with E-state index in [-0.39, 0.29) is 11.5 Å². The van der Waals surface area contributed by atoms with Crippen LogP contribution in [0, 0.1) is 0 Å². The molecule has 0 bridgehead atoms. The zero-order valence-electron chi connectivity index (χ0n) is 18.2. The van der Waals surface area contributed by atoms with Gasteiger partial charge in [0.1, 0.15) is 17.5 Å². The van der Waals surface area contributed by atoms with Crippen molar-refractivity contribution in [3.63, 3.8) is 0 Å². The van der Waals surface area contributed by atoms with Gasteiger partial charge >= 0.3 is 6.18 Å². The molecule has 12 heteroatoms. The fourth-order valence-corrected chi connectivity index (χ4v) is 3.75. The SMILES string of the molecule is COc1ccc([C@@H]2C(C(=O)Nc3ccc(Cl)cc3)=C(C)Nc3nc(C(F)(F)F)nn32)c(OC)c1. The molecular weight excluding hydrogens is 475 g/mol. The second-order valence-electron chi connectivity index (χ2n) is 7.34. The summed E-state index contributed by atoms with van der Waals surface area (Å²) in [6.07, 6.45) is -4.78. The Morgan fingerprint density at radius 3 is 2.47 bits per heavy atom. The number of hydrogen-bond acceptors (Lipinski definition) is 6. The molecule has 2 N–H and O–H groups in total. The van der Waals surface area contributed by atoms with Gasteiger partial charge in [0, 0.05) is 28.0 Å². The molecule has 8 nitrogen and oxygen atoms in total. The average molecular weight is 494 g/mol. The number of methoxy groups -OCH3 is 2. The van der Waals surface area contributed by atoms with Gasteiger partial charge in [0.05, 0.1) is 19.8 Å². The number of carbonyl (C=O) groups is 1. The Labute approximate surface area is 197 Å². The number of ether oxygens (including phenoxy) is 2. The molecule has 1 aliphatic heterocycles. The Kier molecular flexibility index (Phi) is 6.13. The highest BCUT2D eigenvalue weighted by Gasteiger charge is 2.42. The first-order valence-corrected chi connectivity index (χ1v) is 10.3. The van der Waals surface area contributed by atoms with Crippen molar-refractivity contribution in [1.29, 1.82) is 0 Å². The van der Waals surface area contributed by atoms with Crippen LogP contribution in [0.2, 0.25) is 5.02 Å². The summed E-state index contributed by atoms with van der Waals surface area (Å²) in [5.74, 6) is -1.27. The first-order valence-electron chi connectivity index (χ1n) is 9.92.